The van der Waals surface area contributed by atoms with E-state index in [9.17, 15) is 18.4 Å². The molecule has 1 fully saturated rings. The number of amides is 1. The molecule has 1 aliphatic heterocycles. The Labute approximate surface area is 163 Å². The minimum Gasteiger partial charge on any atom is -0.497 e. The van der Waals surface area contributed by atoms with Crippen molar-refractivity contribution >= 4 is 11.7 Å². The SMILES string of the molecule is COc1ccc(CCC(=O)N2CCC(C(=O)c3cc(F)ccc3F)CC2)cc1. The Morgan fingerprint density at radius 2 is 1.75 bits per heavy atom. The number of piperidine rings is 1. The fourth-order valence-electron chi connectivity index (χ4n) is 3.50. The van der Waals surface area contributed by atoms with Gasteiger partial charge in [0.25, 0.3) is 0 Å². The predicted molar refractivity (Wildman–Crippen MR) is 101 cm³/mol. The van der Waals surface area contributed by atoms with Gasteiger partial charge < -0.3 is 9.64 Å². The first kappa shape index (κ1) is 20.0. The van der Waals surface area contributed by atoms with Crippen LogP contribution >= 0.6 is 0 Å². The Bertz CT molecular complexity index is 843. The van der Waals surface area contributed by atoms with Gasteiger partial charge in [-0.2, -0.15) is 0 Å². The summed E-state index contributed by atoms with van der Waals surface area (Å²) in [6.07, 6.45) is 1.95. The Hall–Kier alpha value is -2.76. The largest absolute Gasteiger partial charge is 0.497 e. The third kappa shape index (κ3) is 4.74. The summed E-state index contributed by atoms with van der Waals surface area (Å²) in [7, 11) is 1.61. The second-order valence-corrected chi connectivity index (χ2v) is 6.99. The van der Waals surface area contributed by atoms with Gasteiger partial charge in [0.1, 0.15) is 17.4 Å². The zero-order chi connectivity index (χ0) is 20.1. The lowest BCUT2D eigenvalue weighted by Gasteiger charge is -2.31. The van der Waals surface area contributed by atoms with Crippen LogP contribution in [0.1, 0.15) is 35.2 Å². The standard InChI is InChI=1S/C22H23F2NO3/c1-28-18-6-2-15(3-7-18)4-9-21(26)25-12-10-16(11-13-25)22(27)19-14-17(23)5-8-20(19)24/h2-3,5-8,14,16H,4,9-13H2,1H3. The van der Waals surface area contributed by atoms with Crippen LogP contribution in [0.15, 0.2) is 42.5 Å². The fourth-order valence-corrected chi connectivity index (χ4v) is 3.50. The maximum Gasteiger partial charge on any atom is 0.222 e. The van der Waals surface area contributed by atoms with Gasteiger partial charge in [0.2, 0.25) is 5.91 Å². The highest BCUT2D eigenvalue weighted by atomic mass is 19.1. The molecule has 2 aromatic carbocycles. The maximum atomic E-state index is 13.8. The molecule has 0 atom stereocenters. The van der Waals surface area contributed by atoms with Crippen LogP contribution in [0.2, 0.25) is 0 Å². The van der Waals surface area contributed by atoms with E-state index in [2.05, 4.69) is 0 Å². The second-order valence-electron chi connectivity index (χ2n) is 6.99. The summed E-state index contributed by atoms with van der Waals surface area (Å²) in [4.78, 5) is 26.7. The van der Waals surface area contributed by atoms with E-state index >= 15 is 0 Å². The molecule has 0 saturated carbocycles. The van der Waals surface area contributed by atoms with E-state index in [-0.39, 0.29) is 23.2 Å². The van der Waals surface area contributed by atoms with Crippen LogP contribution in [0.25, 0.3) is 0 Å². The van der Waals surface area contributed by atoms with Crippen molar-refractivity contribution in [3.8, 4) is 5.75 Å². The number of Topliss-reactive ketones (excluding diaryl/α,β-unsaturated/α-hetero) is 1. The average molecular weight is 387 g/mol. The number of carbonyl (C=O) groups excluding carboxylic acids is 2. The highest BCUT2D eigenvalue weighted by Crippen LogP contribution is 2.24. The van der Waals surface area contributed by atoms with Gasteiger partial charge in [-0.3, -0.25) is 9.59 Å². The first-order valence-corrected chi connectivity index (χ1v) is 9.38. The molecule has 0 aliphatic carbocycles. The third-order valence-electron chi connectivity index (χ3n) is 5.20. The van der Waals surface area contributed by atoms with Gasteiger partial charge in [0.05, 0.1) is 12.7 Å². The Balaban J connectivity index is 1.50. The normalized spacial score (nSPS) is 14.8. The molecule has 6 heteroatoms. The van der Waals surface area contributed by atoms with Crippen LogP contribution in [-0.4, -0.2) is 36.8 Å². The predicted octanol–water partition coefficient (Wildman–Crippen LogP) is 4.03. The molecule has 28 heavy (non-hydrogen) atoms. The maximum absolute atomic E-state index is 13.8. The number of hydrogen-bond donors (Lipinski definition) is 0. The quantitative estimate of drug-likeness (QED) is 0.703. The number of ketones is 1. The average Bonchev–Trinajstić information content (AvgIpc) is 2.73. The van der Waals surface area contributed by atoms with Crippen molar-refractivity contribution in [2.45, 2.75) is 25.7 Å². The van der Waals surface area contributed by atoms with Crippen molar-refractivity contribution in [3.63, 3.8) is 0 Å². The number of ether oxygens (including phenoxy) is 1. The first-order chi connectivity index (χ1) is 13.5. The molecule has 3 rings (SSSR count). The Morgan fingerprint density at radius 3 is 2.39 bits per heavy atom. The van der Waals surface area contributed by atoms with Crippen LogP contribution in [-0.2, 0) is 11.2 Å². The lowest BCUT2D eigenvalue weighted by atomic mass is 9.88. The number of benzene rings is 2. The number of nitrogens with zero attached hydrogens (tertiary/aromatic N) is 1. The van der Waals surface area contributed by atoms with Crippen molar-refractivity contribution in [3.05, 3.63) is 65.2 Å². The first-order valence-electron chi connectivity index (χ1n) is 9.38. The van der Waals surface area contributed by atoms with E-state index in [0.717, 1.165) is 29.5 Å². The van der Waals surface area contributed by atoms with E-state index in [1.54, 1.807) is 12.0 Å². The fraction of sp³-hybridized carbons (Fsp3) is 0.364. The molecule has 0 radical (unpaired) electrons. The molecule has 0 spiro atoms. The van der Waals surface area contributed by atoms with E-state index in [4.69, 9.17) is 4.74 Å². The summed E-state index contributed by atoms with van der Waals surface area (Å²) in [6.45, 7) is 0.906. The number of aryl methyl sites for hydroxylation is 1. The number of likely N-dealkylation sites (tertiary alicyclic amines) is 1. The van der Waals surface area contributed by atoms with Gasteiger partial charge in [-0.25, -0.2) is 8.78 Å². The van der Waals surface area contributed by atoms with Crippen LogP contribution in [0.5, 0.6) is 5.75 Å². The summed E-state index contributed by atoms with van der Waals surface area (Å²) in [5.74, 6) is -1.29. The Morgan fingerprint density at radius 1 is 1.07 bits per heavy atom. The van der Waals surface area contributed by atoms with Crippen LogP contribution in [0.4, 0.5) is 8.78 Å². The second kappa shape index (κ2) is 8.95. The van der Waals surface area contributed by atoms with Crippen molar-refractivity contribution in [2.24, 2.45) is 5.92 Å². The summed E-state index contributed by atoms with van der Waals surface area (Å²) in [5.41, 5.74) is 0.852. The van der Waals surface area contributed by atoms with Crippen molar-refractivity contribution in [1.29, 1.82) is 0 Å². The van der Waals surface area contributed by atoms with Crippen molar-refractivity contribution in [2.75, 3.05) is 20.2 Å². The lowest BCUT2D eigenvalue weighted by Crippen LogP contribution is -2.40. The molecule has 4 nitrogen and oxygen atoms in total. The molecule has 0 bridgehead atoms. The minimum atomic E-state index is -0.704. The zero-order valence-electron chi connectivity index (χ0n) is 15.8. The molecule has 1 amide bonds. The number of methoxy groups -OCH3 is 1. The van der Waals surface area contributed by atoms with Gasteiger partial charge in [0.15, 0.2) is 5.78 Å². The van der Waals surface area contributed by atoms with Crippen molar-refractivity contribution in [1.82, 2.24) is 4.90 Å². The topological polar surface area (TPSA) is 46.6 Å². The number of carbonyl (C=O) groups is 2. The Kier molecular flexibility index (Phi) is 6.39. The van der Waals surface area contributed by atoms with Gasteiger partial charge in [0, 0.05) is 25.4 Å². The summed E-state index contributed by atoms with van der Waals surface area (Å²) >= 11 is 0. The van der Waals surface area contributed by atoms with Crippen molar-refractivity contribution < 1.29 is 23.1 Å². The molecule has 2 aromatic rings. The molecule has 148 valence electrons. The van der Waals surface area contributed by atoms with Gasteiger partial charge >= 0.3 is 0 Å². The summed E-state index contributed by atoms with van der Waals surface area (Å²) in [5, 5.41) is 0. The van der Waals surface area contributed by atoms with E-state index < -0.39 is 11.6 Å². The molecular formula is C22H23F2NO3. The summed E-state index contributed by atoms with van der Waals surface area (Å²) < 4.78 is 32.3. The lowest BCUT2D eigenvalue weighted by molar-refractivity contribution is -0.132. The highest BCUT2D eigenvalue weighted by molar-refractivity contribution is 5.98. The summed E-state index contributed by atoms with van der Waals surface area (Å²) in [6, 6.07) is 10.5. The minimum absolute atomic E-state index is 0.0404. The molecular weight excluding hydrogens is 364 g/mol. The highest BCUT2D eigenvalue weighted by Gasteiger charge is 2.29. The van der Waals surface area contributed by atoms with E-state index in [1.165, 1.54) is 0 Å². The molecule has 1 aliphatic rings. The smallest absolute Gasteiger partial charge is 0.222 e. The molecule has 1 saturated heterocycles. The van der Waals surface area contributed by atoms with E-state index in [0.29, 0.717) is 38.8 Å². The number of halogens is 2. The molecule has 0 aromatic heterocycles. The monoisotopic (exact) mass is 387 g/mol. The number of rotatable bonds is 6. The van der Waals surface area contributed by atoms with Gasteiger partial charge in [-0.15, -0.1) is 0 Å². The van der Waals surface area contributed by atoms with E-state index in [1.807, 2.05) is 24.3 Å². The zero-order valence-corrected chi connectivity index (χ0v) is 15.8. The third-order valence-corrected chi connectivity index (χ3v) is 5.20. The molecule has 0 N–H and O–H groups in total. The van der Waals surface area contributed by atoms with Crippen LogP contribution < -0.4 is 4.74 Å². The van der Waals surface area contributed by atoms with Gasteiger partial charge in [-0.1, -0.05) is 12.1 Å². The number of hydrogen-bond acceptors (Lipinski definition) is 3. The molecule has 1 heterocycles. The van der Waals surface area contributed by atoms with Crippen LogP contribution in [0, 0.1) is 17.6 Å². The molecule has 0 unspecified atom stereocenters. The van der Waals surface area contributed by atoms with Gasteiger partial charge in [-0.05, 0) is 55.2 Å². The van der Waals surface area contributed by atoms with Crippen LogP contribution in [0.3, 0.4) is 0 Å².